The number of ether oxygens (including phenoxy) is 1. The number of hydrogen-bond donors (Lipinski definition) is 3. The third-order valence-electron chi connectivity index (χ3n) is 7.35. The third-order valence-corrected chi connectivity index (χ3v) is 7.35. The predicted molar refractivity (Wildman–Crippen MR) is 172 cm³/mol. The number of rotatable bonds is 11. The molecule has 0 aliphatic heterocycles. The smallest absolute Gasteiger partial charge is 0.408 e. The lowest BCUT2D eigenvalue weighted by Gasteiger charge is -2.45. The largest absolute Gasteiger partial charge is 0.508 e. The maximum Gasteiger partial charge on any atom is 0.408 e. The number of alkyl carbamates (subject to hydrolysis) is 1. The zero-order valence-electron chi connectivity index (χ0n) is 26.4. The van der Waals surface area contributed by atoms with Crippen molar-refractivity contribution in [1.29, 1.82) is 0 Å². The molecule has 0 fully saturated rings. The molecule has 3 aromatic carbocycles. The molecule has 0 aliphatic rings. The summed E-state index contributed by atoms with van der Waals surface area (Å²) >= 11 is 0. The van der Waals surface area contributed by atoms with Crippen molar-refractivity contribution in [2.24, 2.45) is 0 Å². The number of hydrogen-bond acceptors (Lipinski definition) is 5. The van der Waals surface area contributed by atoms with E-state index in [2.05, 4.69) is 16.6 Å². The van der Waals surface area contributed by atoms with Crippen LogP contribution in [0.3, 0.4) is 0 Å². The highest BCUT2D eigenvalue weighted by molar-refractivity contribution is 5.93. The molecule has 0 aliphatic carbocycles. The molecule has 44 heavy (non-hydrogen) atoms. The molecular weight excluding hydrogens is 554 g/mol. The predicted octanol–water partition coefficient (Wildman–Crippen LogP) is 5.88. The minimum absolute atomic E-state index is 0.0755. The van der Waals surface area contributed by atoms with Gasteiger partial charge in [-0.2, -0.15) is 0 Å². The Morgan fingerprint density at radius 3 is 2.11 bits per heavy atom. The fourth-order valence-electron chi connectivity index (χ4n) is 4.78. The molecule has 0 radical (unpaired) electrons. The summed E-state index contributed by atoms with van der Waals surface area (Å²) in [6.45, 7) is 11.1. The van der Waals surface area contributed by atoms with Crippen LogP contribution in [0, 0.1) is 12.3 Å². The van der Waals surface area contributed by atoms with Crippen LogP contribution >= 0.6 is 0 Å². The lowest BCUT2D eigenvalue weighted by molar-refractivity contribution is -0.149. The van der Waals surface area contributed by atoms with Crippen molar-refractivity contribution in [2.75, 3.05) is 0 Å². The first-order chi connectivity index (χ1) is 20.8. The van der Waals surface area contributed by atoms with E-state index in [9.17, 15) is 19.5 Å². The first-order valence-electron chi connectivity index (χ1n) is 14.7. The van der Waals surface area contributed by atoms with Gasteiger partial charge in [-0.05, 0) is 75.9 Å². The Morgan fingerprint density at radius 2 is 1.52 bits per heavy atom. The fraction of sp³-hybridized carbons (Fsp3) is 0.361. The van der Waals surface area contributed by atoms with Crippen LogP contribution in [0.1, 0.15) is 76.3 Å². The van der Waals surface area contributed by atoms with Gasteiger partial charge < -0.3 is 25.4 Å². The van der Waals surface area contributed by atoms with Crippen molar-refractivity contribution in [1.82, 2.24) is 15.5 Å². The van der Waals surface area contributed by atoms with Gasteiger partial charge in [0.25, 0.3) is 0 Å². The number of carbonyl (C=O) groups is 3. The highest BCUT2D eigenvalue weighted by Gasteiger charge is 2.43. The number of nitrogens with one attached hydrogen (secondary N) is 2. The Hall–Kier alpha value is -4.77. The molecule has 0 saturated carbocycles. The molecule has 3 aromatic rings. The first-order valence-corrected chi connectivity index (χ1v) is 14.7. The van der Waals surface area contributed by atoms with Gasteiger partial charge in [0.05, 0.1) is 0 Å². The average molecular weight is 598 g/mol. The fourth-order valence-corrected chi connectivity index (χ4v) is 4.78. The zero-order chi connectivity index (χ0) is 32.5. The van der Waals surface area contributed by atoms with Gasteiger partial charge in [-0.15, -0.1) is 6.42 Å². The number of nitrogens with zero attached hydrogens (tertiary/aromatic N) is 1. The van der Waals surface area contributed by atoms with E-state index in [4.69, 9.17) is 11.2 Å². The molecule has 2 atom stereocenters. The lowest BCUT2D eigenvalue weighted by Crippen LogP contribution is -2.60. The molecule has 8 nitrogen and oxygen atoms in total. The Balaban J connectivity index is 2.14. The Kier molecular flexibility index (Phi) is 11.2. The summed E-state index contributed by atoms with van der Waals surface area (Å²) in [5.41, 5.74) is 0.916. The summed E-state index contributed by atoms with van der Waals surface area (Å²) in [6.07, 6.45) is 5.71. The van der Waals surface area contributed by atoms with Crippen molar-refractivity contribution in [3.05, 3.63) is 101 Å². The Morgan fingerprint density at radius 1 is 0.909 bits per heavy atom. The van der Waals surface area contributed by atoms with Crippen molar-refractivity contribution in [3.8, 4) is 18.1 Å². The van der Waals surface area contributed by atoms with Crippen LogP contribution in [0.2, 0.25) is 0 Å². The summed E-state index contributed by atoms with van der Waals surface area (Å²) in [7, 11) is 0. The van der Waals surface area contributed by atoms with Crippen molar-refractivity contribution in [3.63, 3.8) is 0 Å². The molecule has 0 aromatic heterocycles. The number of carbonyl (C=O) groups excluding carboxylic acids is 3. The lowest BCUT2D eigenvalue weighted by atomic mass is 9.89. The molecule has 0 spiro atoms. The Labute approximate surface area is 260 Å². The number of amides is 3. The van der Waals surface area contributed by atoms with Crippen LogP contribution in [-0.4, -0.2) is 45.1 Å². The molecule has 3 amide bonds. The molecule has 3 rings (SSSR count). The summed E-state index contributed by atoms with van der Waals surface area (Å²) in [6, 6.07) is 20.7. The van der Waals surface area contributed by atoms with E-state index in [-0.39, 0.29) is 18.7 Å². The second kappa shape index (κ2) is 14.6. The van der Waals surface area contributed by atoms with Gasteiger partial charge >= 0.3 is 6.09 Å². The van der Waals surface area contributed by atoms with Crippen LogP contribution in [0.15, 0.2) is 78.9 Å². The van der Waals surface area contributed by atoms with E-state index in [1.165, 1.54) is 17.0 Å². The third kappa shape index (κ3) is 9.11. The van der Waals surface area contributed by atoms with Gasteiger partial charge in [-0.1, -0.05) is 73.5 Å². The molecular formula is C36H43N3O5. The first kappa shape index (κ1) is 33.7. The normalized spacial score (nSPS) is 12.8. The van der Waals surface area contributed by atoms with E-state index in [1.807, 2.05) is 51.1 Å². The van der Waals surface area contributed by atoms with Crippen LogP contribution in [0.4, 0.5) is 4.79 Å². The average Bonchev–Trinajstić information content (AvgIpc) is 2.98. The molecule has 0 bridgehead atoms. The van der Waals surface area contributed by atoms with Gasteiger partial charge in [0, 0.05) is 24.1 Å². The van der Waals surface area contributed by atoms with E-state index >= 15 is 0 Å². The highest BCUT2D eigenvalue weighted by Crippen LogP contribution is 2.34. The van der Waals surface area contributed by atoms with Crippen molar-refractivity contribution in [2.45, 2.75) is 84.2 Å². The number of terminal acetylenes is 1. The molecule has 2 unspecified atom stereocenters. The van der Waals surface area contributed by atoms with Crippen molar-refractivity contribution < 1.29 is 24.2 Å². The minimum Gasteiger partial charge on any atom is -0.508 e. The van der Waals surface area contributed by atoms with E-state index < -0.39 is 41.1 Å². The molecule has 0 heterocycles. The second-order valence-electron chi connectivity index (χ2n) is 12.3. The Bertz CT molecular complexity index is 1470. The minimum atomic E-state index is -1.11. The van der Waals surface area contributed by atoms with Crippen molar-refractivity contribution >= 4 is 17.9 Å². The van der Waals surface area contributed by atoms with Crippen LogP contribution < -0.4 is 10.6 Å². The molecule has 232 valence electrons. The molecule has 0 saturated heterocycles. The maximum absolute atomic E-state index is 14.8. The second-order valence-corrected chi connectivity index (χ2v) is 12.3. The number of phenolic OH excluding ortho intramolecular Hbond substituents is 1. The van der Waals surface area contributed by atoms with Crippen LogP contribution in [-0.2, 0) is 27.3 Å². The van der Waals surface area contributed by atoms with Gasteiger partial charge in [-0.3, -0.25) is 9.59 Å². The van der Waals surface area contributed by atoms with Crippen LogP contribution in [0.25, 0.3) is 0 Å². The van der Waals surface area contributed by atoms with Gasteiger partial charge in [0.1, 0.15) is 23.4 Å². The summed E-state index contributed by atoms with van der Waals surface area (Å²) in [5, 5.41) is 15.6. The van der Waals surface area contributed by atoms with E-state index in [0.29, 0.717) is 23.1 Å². The SMILES string of the molecule is C#Cc1ccccc1C(C(=O)NCc1ccccc1)N(C(=O)C(Cc1ccc(O)cc1)NC(=O)OC(C)(C)C)C(C)(C)CC. The molecule has 3 N–H and O–H groups in total. The monoisotopic (exact) mass is 597 g/mol. The summed E-state index contributed by atoms with van der Waals surface area (Å²) < 4.78 is 5.52. The molecule has 8 heteroatoms. The summed E-state index contributed by atoms with van der Waals surface area (Å²) in [5.74, 6) is 1.85. The zero-order valence-corrected chi connectivity index (χ0v) is 26.4. The van der Waals surface area contributed by atoms with Gasteiger partial charge in [0.15, 0.2) is 0 Å². The van der Waals surface area contributed by atoms with Crippen LogP contribution in [0.5, 0.6) is 5.75 Å². The topological polar surface area (TPSA) is 108 Å². The number of aromatic hydroxyl groups is 1. The number of benzene rings is 3. The highest BCUT2D eigenvalue weighted by atomic mass is 16.6. The van der Waals surface area contributed by atoms with Gasteiger partial charge in [0.2, 0.25) is 11.8 Å². The van der Waals surface area contributed by atoms with E-state index in [1.54, 1.807) is 57.2 Å². The standard InChI is InChI=1S/C36H43N3O5/c1-8-27-17-13-14-18-29(27)31(32(41)37-24-26-15-11-10-12-16-26)39(36(6,7)9-2)33(42)30(38-34(43)44-35(3,4)5)23-25-19-21-28(40)22-20-25/h1,10-22,30-31,40H,9,23-24H2,2-7H3,(H,37,41)(H,38,43). The van der Waals surface area contributed by atoms with Gasteiger partial charge in [-0.25, -0.2) is 4.79 Å². The summed E-state index contributed by atoms with van der Waals surface area (Å²) in [4.78, 5) is 43.6. The van der Waals surface area contributed by atoms with E-state index in [0.717, 1.165) is 5.56 Å². The number of phenols is 1. The quantitative estimate of drug-likeness (QED) is 0.239. The maximum atomic E-state index is 14.8.